The molecule has 0 saturated carbocycles. The molecule has 6 heteroatoms. The molecular formula is C20H16FNO4. The fourth-order valence-corrected chi connectivity index (χ4v) is 3.39. The summed E-state index contributed by atoms with van der Waals surface area (Å²) in [5.74, 6) is -0.258. The van der Waals surface area contributed by atoms with Gasteiger partial charge in [0.1, 0.15) is 17.1 Å². The maximum absolute atomic E-state index is 13.6. The van der Waals surface area contributed by atoms with Gasteiger partial charge in [0.2, 0.25) is 5.76 Å². The summed E-state index contributed by atoms with van der Waals surface area (Å²) in [5, 5.41) is 0.123. The first kappa shape index (κ1) is 16.3. The van der Waals surface area contributed by atoms with Crippen LogP contribution in [0.2, 0.25) is 0 Å². The molecule has 26 heavy (non-hydrogen) atoms. The van der Waals surface area contributed by atoms with E-state index < -0.39 is 17.3 Å². The van der Waals surface area contributed by atoms with Crippen LogP contribution in [0, 0.1) is 5.82 Å². The molecule has 1 aromatic heterocycles. The van der Waals surface area contributed by atoms with Gasteiger partial charge >= 0.3 is 0 Å². The number of fused-ring (bicyclic) bond motifs is 2. The maximum Gasteiger partial charge on any atom is 0.290 e. The maximum atomic E-state index is 13.6. The molecule has 1 aliphatic heterocycles. The van der Waals surface area contributed by atoms with Crippen molar-refractivity contribution in [1.29, 1.82) is 0 Å². The van der Waals surface area contributed by atoms with Crippen molar-refractivity contribution in [2.45, 2.75) is 13.0 Å². The highest BCUT2D eigenvalue weighted by molar-refractivity contribution is 5.98. The van der Waals surface area contributed by atoms with Gasteiger partial charge in [-0.15, -0.1) is 0 Å². The molecule has 1 amide bonds. The van der Waals surface area contributed by atoms with Crippen LogP contribution in [-0.2, 0) is 0 Å². The minimum atomic E-state index is -0.609. The zero-order chi connectivity index (χ0) is 18.4. The van der Waals surface area contributed by atoms with Gasteiger partial charge in [-0.25, -0.2) is 4.39 Å². The fourth-order valence-electron chi connectivity index (χ4n) is 3.39. The molecule has 1 aliphatic rings. The molecule has 2 aromatic carbocycles. The predicted octanol–water partition coefficient (Wildman–Crippen LogP) is 3.51. The van der Waals surface area contributed by atoms with Crippen LogP contribution in [-0.4, -0.2) is 24.5 Å². The number of nitrogens with zero attached hydrogens (tertiary/aromatic N) is 1. The smallest absolute Gasteiger partial charge is 0.290 e. The molecule has 0 spiro atoms. The number of amides is 1. The van der Waals surface area contributed by atoms with Gasteiger partial charge in [0.25, 0.3) is 5.91 Å². The summed E-state index contributed by atoms with van der Waals surface area (Å²) in [4.78, 5) is 27.1. The van der Waals surface area contributed by atoms with Gasteiger partial charge in [0.15, 0.2) is 5.43 Å². The van der Waals surface area contributed by atoms with E-state index in [-0.39, 0.29) is 28.2 Å². The largest absolute Gasteiger partial charge is 0.494 e. The Morgan fingerprint density at radius 1 is 1.19 bits per heavy atom. The third-order valence-corrected chi connectivity index (χ3v) is 4.55. The average molecular weight is 353 g/mol. The summed E-state index contributed by atoms with van der Waals surface area (Å²) < 4.78 is 24.8. The van der Waals surface area contributed by atoms with Crippen molar-refractivity contribution < 1.29 is 18.3 Å². The number of carbonyl (C=O) groups is 1. The van der Waals surface area contributed by atoms with E-state index in [1.54, 1.807) is 19.2 Å². The number of ether oxygens (including phenoxy) is 1. The lowest BCUT2D eigenvalue weighted by Gasteiger charge is -2.20. The summed E-state index contributed by atoms with van der Waals surface area (Å²) in [5.41, 5.74) is 0.753. The Kier molecular flexibility index (Phi) is 3.76. The molecule has 4 rings (SSSR count). The molecule has 0 unspecified atom stereocenters. The van der Waals surface area contributed by atoms with Crippen molar-refractivity contribution in [2.24, 2.45) is 0 Å². The van der Waals surface area contributed by atoms with E-state index in [1.807, 2.05) is 19.1 Å². The van der Waals surface area contributed by atoms with Gasteiger partial charge in [-0.1, -0.05) is 12.1 Å². The van der Waals surface area contributed by atoms with Crippen LogP contribution >= 0.6 is 0 Å². The number of hydrogen-bond acceptors (Lipinski definition) is 4. The summed E-state index contributed by atoms with van der Waals surface area (Å²) in [7, 11) is 1.61. The van der Waals surface area contributed by atoms with Gasteiger partial charge < -0.3 is 14.1 Å². The Balaban J connectivity index is 1.96. The molecule has 3 aromatic rings. The standard InChI is InChI=1S/C20H16FNO4/c1-3-25-13-6-4-5-11(9-13)17-16-18(23)14-10-12(21)7-8-15(14)26-19(16)20(24)22(17)2/h4-10,17H,3H2,1-2H3/t17-/m0/s1. The molecule has 132 valence electrons. The van der Waals surface area contributed by atoms with Crippen LogP contribution in [0.15, 0.2) is 51.7 Å². The second kappa shape index (κ2) is 5.98. The molecule has 0 N–H and O–H groups in total. The van der Waals surface area contributed by atoms with E-state index >= 15 is 0 Å². The summed E-state index contributed by atoms with van der Waals surface area (Å²) in [6.07, 6.45) is 0. The number of benzene rings is 2. The zero-order valence-corrected chi connectivity index (χ0v) is 14.3. The first-order chi connectivity index (χ1) is 12.5. The highest BCUT2D eigenvalue weighted by Crippen LogP contribution is 2.37. The lowest BCUT2D eigenvalue weighted by Crippen LogP contribution is -2.25. The lowest BCUT2D eigenvalue weighted by molar-refractivity contribution is 0.0771. The van der Waals surface area contributed by atoms with Crippen molar-refractivity contribution in [3.63, 3.8) is 0 Å². The monoisotopic (exact) mass is 353 g/mol. The molecule has 0 fully saturated rings. The van der Waals surface area contributed by atoms with Crippen LogP contribution in [0.3, 0.4) is 0 Å². The summed E-state index contributed by atoms with van der Waals surface area (Å²) in [6, 6.07) is 10.3. The quantitative estimate of drug-likeness (QED) is 0.723. The number of halogens is 1. The van der Waals surface area contributed by atoms with E-state index in [0.29, 0.717) is 12.4 Å². The van der Waals surface area contributed by atoms with E-state index in [0.717, 1.165) is 11.6 Å². The molecule has 0 radical (unpaired) electrons. The van der Waals surface area contributed by atoms with Crippen molar-refractivity contribution in [2.75, 3.05) is 13.7 Å². The predicted molar refractivity (Wildman–Crippen MR) is 94.0 cm³/mol. The Morgan fingerprint density at radius 3 is 2.77 bits per heavy atom. The Bertz CT molecular complexity index is 1090. The van der Waals surface area contributed by atoms with Crippen molar-refractivity contribution in [3.8, 4) is 5.75 Å². The fraction of sp³-hybridized carbons (Fsp3) is 0.200. The van der Waals surface area contributed by atoms with Gasteiger partial charge in [0.05, 0.1) is 23.6 Å². The van der Waals surface area contributed by atoms with Crippen molar-refractivity contribution in [3.05, 3.63) is 75.4 Å². The second-order valence-corrected chi connectivity index (χ2v) is 6.14. The molecule has 1 atom stereocenters. The van der Waals surface area contributed by atoms with Gasteiger partial charge in [-0.3, -0.25) is 9.59 Å². The molecule has 0 bridgehead atoms. The highest BCUT2D eigenvalue weighted by Gasteiger charge is 2.40. The summed E-state index contributed by atoms with van der Waals surface area (Å²) in [6.45, 7) is 2.38. The van der Waals surface area contributed by atoms with Gasteiger partial charge in [0, 0.05) is 7.05 Å². The van der Waals surface area contributed by atoms with Crippen molar-refractivity contribution >= 4 is 16.9 Å². The van der Waals surface area contributed by atoms with Crippen molar-refractivity contribution in [1.82, 2.24) is 4.90 Å². The normalized spacial score (nSPS) is 16.2. The van der Waals surface area contributed by atoms with Crippen LogP contribution < -0.4 is 10.2 Å². The zero-order valence-electron chi connectivity index (χ0n) is 14.3. The first-order valence-corrected chi connectivity index (χ1v) is 8.27. The van der Waals surface area contributed by atoms with Crippen LogP contribution in [0.4, 0.5) is 4.39 Å². The molecule has 5 nitrogen and oxygen atoms in total. The minimum Gasteiger partial charge on any atom is -0.494 e. The third kappa shape index (κ3) is 2.37. The molecule has 0 saturated heterocycles. The molecular weight excluding hydrogens is 337 g/mol. The van der Waals surface area contributed by atoms with Crippen LogP contribution in [0.5, 0.6) is 5.75 Å². The number of rotatable bonds is 3. The minimum absolute atomic E-state index is 0.00317. The SMILES string of the molecule is CCOc1cccc([C@H]2c3c(oc4ccc(F)cc4c3=O)C(=O)N2C)c1. The number of hydrogen-bond donors (Lipinski definition) is 0. The third-order valence-electron chi connectivity index (χ3n) is 4.55. The van der Waals surface area contributed by atoms with Crippen LogP contribution in [0.1, 0.15) is 34.6 Å². The Morgan fingerprint density at radius 2 is 2.00 bits per heavy atom. The van der Waals surface area contributed by atoms with Crippen LogP contribution in [0.25, 0.3) is 11.0 Å². The Hall–Kier alpha value is -3.15. The van der Waals surface area contributed by atoms with Gasteiger partial charge in [-0.2, -0.15) is 0 Å². The van der Waals surface area contributed by atoms with E-state index in [1.165, 1.54) is 17.0 Å². The first-order valence-electron chi connectivity index (χ1n) is 8.27. The lowest BCUT2D eigenvalue weighted by atomic mass is 9.98. The van der Waals surface area contributed by atoms with Gasteiger partial charge in [-0.05, 0) is 42.8 Å². The van der Waals surface area contributed by atoms with E-state index in [4.69, 9.17) is 9.15 Å². The average Bonchev–Trinajstić information content (AvgIpc) is 2.88. The second-order valence-electron chi connectivity index (χ2n) is 6.14. The summed E-state index contributed by atoms with van der Waals surface area (Å²) >= 11 is 0. The molecule has 2 heterocycles. The number of carbonyl (C=O) groups excluding carboxylic acids is 1. The highest BCUT2D eigenvalue weighted by atomic mass is 19.1. The molecule has 0 aliphatic carbocycles. The van der Waals surface area contributed by atoms with E-state index in [9.17, 15) is 14.0 Å². The Labute approximate surface area is 148 Å². The van der Waals surface area contributed by atoms with E-state index in [2.05, 4.69) is 0 Å². The topological polar surface area (TPSA) is 59.8 Å².